The predicted molar refractivity (Wildman–Crippen MR) is 92.6 cm³/mol. The first-order valence-corrected chi connectivity index (χ1v) is 7.90. The Morgan fingerprint density at radius 2 is 1.91 bits per heavy atom. The van der Waals surface area contributed by atoms with E-state index in [0.29, 0.717) is 17.5 Å². The molecule has 6 nitrogen and oxygen atoms in total. The molecule has 0 heterocycles. The normalized spacial score (nSPS) is 12.9. The van der Waals surface area contributed by atoms with Crippen LogP contribution in [0.1, 0.15) is 13.8 Å². The highest BCUT2D eigenvalue weighted by Crippen LogP contribution is 2.17. The number of amides is 1. The van der Waals surface area contributed by atoms with Crippen molar-refractivity contribution in [3.05, 3.63) is 28.7 Å². The molecule has 1 rings (SSSR count). The number of carbonyl (C=O) groups is 1. The molecule has 1 aromatic rings. The molecule has 0 bridgehead atoms. The van der Waals surface area contributed by atoms with Crippen molar-refractivity contribution in [1.29, 1.82) is 0 Å². The van der Waals surface area contributed by atoms with E-state index in [1.54, 1.807) is 26.2 Å². The van der Waals surface area contributed by atoms with Crippen LogP contribution in [0.2, 0.25) is 0 Å². The number of hydrogen-bond acceptors (Lipinski definition) is 4. The molecule has 2 atom stereocenters. The zero-order chi connectivity index (χ0) is 16.5. The SMILES string of the molecule is COC[C@H](C)NC(=S)NNC(=O)[C@H](C)Oc1ccc(Br)cc1. The predicted octanol–water partition coefficient (Wildman–Crippen LogP) is 1.75. The van der Waals surface area contributed by atoms with Crippen molar-refractivity contribution in [3.63, 3.8) is 0 Å². The molecule has 8 heteroatoms. The number of hydrazine groups is 1. The highest BCUT2D eigenvalue weighted by molar-refractivity contribution is 9.10. The lowest BCUT2D eigenvalue weighted by atomic mass is 10.3. The maximum Gasteiger partial charge on any atom is 0.279 e. The smallest absolute Gasteiger partial charge is 0.279 e. The summed E-state index contributed by atoms with van der Waals surface area (Å²) in [7, 11) is 1.61. The molecule has 0 radical (unpaired) electrons. The van der Waals surface area contributed by atoms with Gasteiger partial charge in [-0.05, 0) is 50.3 Å². The van der Waals surface area contributed by atoms with Crippen LogP contribution in [0, 0.1) is 0 Å². The third-order valence-corrected chi connectivity index (χ3v) is 3.34. The minimum atomic E-state index is -0.659. The monoisotopic (exact) mass is 389 g/mol. The average molecular weight is 390 g/mol. The van der Waals surface area contributed by atoms with Gasteiger partial charge in [0.2, 0.25) is 0 Å². The summed E-state index contributed by atoms with van der Waals surface area (Å²) in [5.74, 6) is 0.284. The molecule has 0 fully saturated rings. The van der Waals surface area contributed by atoms with Crippen molar-refractivity contribution in [2.45, 2.75) is 26.0 Å². The van der Waals surface area contributed by atoms with Gasteiger partial charge >= 0.3 is 0 Å². The Kier molecular flexibility index (Phi) is 8.15. The lowest BCUT2D eigenvalue weighted by molar-refractivity contribution is -0.127. The molecule has 122 valence electrons. The molecular weight excluding hydrogens is 370 g/mol. The molecule has 0 aromatic heterocycles. The molecule has 22 heavy (non-hydrogen) atoms. The number of halogens is 1. The van der Waals surface area contributed by atoms with Gasteiger partial charge in [0, 0.05) is 17.6 Å². The first-order chi connectivity index (χ1) is 10.4. The molecule has 1 aromatic carbocycles. The van der Waals surface area contributed by atoms with Crippen LogP contribution < -0.4 is 20.9 Å². The minimum Gasteiger partial charge on any atom is -0.481 e. The second-order valence-electron chi connectivity index (χ2n) is 4.66. The summed E-state index contributed by atoms with van der Waals surface area (Å²) >= 11 is 8.39. The van der Waals surface area contributed by atoms with Crippen molar-refractivity contribution in [3.8, 4) is 5.75 Å². The summed E-state index contributed by atoms with van der Waals surface area (Å²) in [5, 5.41) is 3.28. The lowest BCUT2D eigenvalue weighted by Gasteiger charge is -2.18. The van der Waals surface area contributed by atoms with Gasteiger partial charge in [-0.2, -0.15) is 0 Å². The van der Waals surface area contributed by atoms with Crippen molar-refractivity contribution in [1.82, 2.24) is 16.2 Å². The summed E-state index contributed by atoms with van der Waals surface area (Å²) in [4.78, 5) is 11.9. The van der Waals surface area contributed by atoms with Crippen LogP contribution in [0.3, 0.4) is 0 Å². The summed E-state index contributed by atoms with van der Waals surface area (Å²) in [5.41, 5.74) is 5.12. The number of carbonyl (C=O) groups excluding carboxylic acids is 1. The van der Waals surface area contributed by atoms with Crippen LogP contribution in [-0.2, 0) is 9.53 Å². The van der Waals surface area contributed by atoms with E-state index in [9.17, 15) is 4.79 Å². The summed E-state index contributed by atoms with van der Waals surface area (Å²) < 4.78 is 11.5. The molecule has 0 aliphatic heterocycles. The maximum atomic E-state index is 11.9. The Hall–Kier alpha value is -1.38. The van der Waals surface area contributed by atoms with E-state index in [2.05, 4.69) is 32.1 Å². The third kappa shape index (κ3) is 7.06. The molecular formula is C14H20BrN3O3S. The molecule has 1 amide bonds. The van der Waals surface area contributed by atoms with E-state index in [0.717, 1.165) is 4.47 Å². The Morgan fingerprint density at radius 3 is 2.50 bits per heavy atom. The van der Waals surface area contributed by atoms with Crippen molar-refractivity contribution in [2.24, 2.45) is 0 Å². The number of rotatable bonds is 6. The van der Waals surface area contributed by atoms with E-state index in [1.807, 2.05) is 19.1 Å². The molecule has 3 N–H and O–H groups in total. The van der Waals surface area contributed by atoms with Crippen LogP contribution in [0.5, 0.6) is 5.75 Å². The van der Waals surface area contributed by atoms with Gasteiger partial charge in [-0.3, -0.25) is 15.6 Å². The van der Waals surface area contributed by atoms with Crippen LogP contribution >= 0.6 is 28.1 Å². The van der Waals surface area contributed by atoms with Gasteiger partial charge in [0.05, 0.1) is 6.61 Å². The van der Waals surface area contributed by atoms with Gasteiger partial charge in [-0.15, -0.1) is 0 Å². The molecule has 0 saturated carbocycles. The molecule has 0 spiro atoms. The Bertz CT molecular complexity index is 499. The number of hydrogen-bond donors (Lipinski definition) is 3. The van der Waals surface area contributed by atoms with E-state index in [-0.39, 0.29) is 11.9 Å². The van der Waals surface area contributed by atoms with Gasteiger partial charge in [0.1, 0.15) is 5.75 Å². The first-order valence-electron chi connectivity index (χ1n) is 6.70. The number of benzene rings is 1. The Labute approximate surface area is 144 Å². The number of ether oxygens (including phenoxy) is 2. The van der Waals surface area contributed by atoms with Gasteiger partial charge in [-0.25, -0.2) is 0 Å². The van der Waals surface area contributed by atoms with Gasteiger partial charge in [0.25, 0.3) is 5.91 Å². The van der Waals surface area contributed by atoms with Crippen LogP contribution in [0.4, 0.5) is 0 Å². The molecule has 0 unspecified atom stereocenters. The zero-order valence-electron chi connectivity index (χ0n) is 12.7. The summed E-state index contributed by atoms with van der Waals surface area (Å²) in [6, 6.07) is 7.28. The van der Waals surface area contributed by atoms with E-state index < -0.39 is 6.10 Å². The first kappa shape index (κ1) is 18.7. The standard InChI is InChI=1S/C14H20BrN3O3S/c1-9(8-20-3)16-14(22)18-17-13(19)10(2)21-12-6-4-11(15)5-7-12/h4-7,9-10H,8H2,1-3H3,(H,17,19)(H2,16,18,22)/t9-,10-/m0/s1. The summed E-state index contributed by atoms with van der Waals surface area (Å²) in [6.07, 6.45) is -0.659. The van der Waals surface area contributed by atoms with E-state index >= 15 is 0 Å². The lowest BCUT2D eigenvalue weighted by Crippen LogP contribution is -2.52. The van der Waals surface area contributed by atoms with Gasteiger partial charge in [0.15, 0.2) is 11.2 Å². The Morgan fingerprint density at radius 1 is 1.27 bits per heavy atom. The third-order valence-electron chi connectivity index (χ3n) is 2.59. The maximum absolute atomic E-state index is 11.9. The van der Waals surface area contributed by atoms with Crippen LogP contribution in [0.25, 0.3) is 0 Å². The number of methoxy groups -OCH3 is 1. The molecule has 0 aliphatic rings. The number of nitrogens with one attached hydrogen (secondary N) is 3. The van der Waals surface area contributed by atoms with Gasteiger partial charge in [-0.1, -0.05) is 15.9 Å². The largest absolute Gasteiger partial charge is 0.481 e. The fourth-order valence-corrected chi connectivity index (χ4v) is 2.06. The van der Waals surface area contributed by atoms with E-state index in [1.165, 1.54) is 0 Å². The van der Waals surface area contributed by atoms with Crippen LogP contribution in [-0.4, -0.2) is 36.9 Å². The van der Waals surface area contributed by atoms with E-state index in [4.69, 9.17) is 21.7 Å². The fraction of sp³-hybridized carbons (Fsp3) is 0.429. The average Bonchev–Trinajstić information content (AvgIpc) is 2.47. The molecule has 0 aliphatic carbocycles. The highest BCUT2D eigenvalue weighted by atomic mass is 79.9. The van der Waals surface area contributed by atoms with Crippen molar-refractivity contribution < 1.29 is 14.3 Å². The fourth-order valence-electron chi connectivity index (χ4n) is 1.54. The highest BCUT2D eigenvalue weighted by Gasteiger charge is 2.15. The summed E-state index contributed by atoms with van der Waals surface area (Å²) in [6.45, 7) is 4.08. The number of thiocarbonyl (C=S) groups is 1. The van der Waals surface area contributed by atoms with Crippen molar-refractivity contribution in [2.75, 3.05) is 13.7 Å². The minimum absolute atomic E-state index is 0.0401. The second kappa shape index (κ2) is 9.60. The zero-order valence-corrected chi connectivity index (χ0v) is 15.1. The van der Waals surface area contributed by atoms with Crippen molar-refractivity contribution >= 4 is 39.2 Å². The Balaban J connectivity index is 2.34. The van der Waals surface area contributed by atoms with Crippen LogP contribution in [0.15, 0.2) is 28.7 Å². The quantitative estimate of drug-likeness (QED) is 0.508. The topological polar surface area (TPSA) is 71.6 Å². The molecule has 0 saturated heterocycles. The van der Waals surface area contributed by atoms with Gasteiger partial charge < -0.3 is 14.8 Å². The second-order valence-corrected chi connectivity index (χ2v) is 5.98.